The van der Waals surface area contributed by atoms with E-state index < -0.39 is 0 Å². The first-order valence-corrected chi connectivity index (χ1v) is 6.85. The number of aromatic amines is 1. The van der Waals surface area contributed by atoms with Gasteiger partial charge in [0, 0.05) is 23.9 Å². The molecule has 102 valence electrons. The number of aromatic nitrogens is 3. The minimum Gasteiger partial charge on any atom is -0.296 e. The lowest BCUT2D eigenvalue weighted by Gasteiger charge is -2.06. The Kier molecular flexibility index (Phi) is 3.17. The van der Waals surface area contributed by atoms with Crippen LogP contribution in [0.1, 0.15) is 16.8 Å². The Morgan fingerprint density at radius 3 is 2.75 bits per heavy atom. The summed E-state index contributed by atoms with van der Waals surface area (Å²) in [5.41, 5.74) is 2.58. The van der Waals surface area contributed by atoms with Gasteiger partial charge in [-0.2, -0.15) is 0 Å². The van der Waals surface area contributed by atoms with Crippen LogP contribution in [0, 0.1) is 12.7 Å². The van der Waals surface area contributed by atoms with E-state index in [4.69, 9.17) is 0 Å². The maximum absolute atomic E-state index is 12.9. The van der Waals surface area contributed by atoms with Crippen molar-refractivity contribution in [1.29, 1.82) is 0 Å². The lowest BCUT2D eigenvalue weighted by molar-refractivity contribution is 0.627. The SMILES string of the molecule is Cc1nc2c(Br)c[nH]n2c(=O)c1Cc1ccc(F)cc1. The Morgan fingerprint density at radius 2 is 2.05 bits per heavy atom. The molecule has 1 aromatic carbocycles. The number of rotatable bonds is 2. The van der Waals surface area contributed by atoms with Gasteiger partial charge in [0.2, 0.25) is 0 Å². The first-order valence-electron chi connectivity index (χ1n) is 6.06. The number of halogens is 2. The number of aryl methyl sites for hydroxylation is 1. The topological polar surface area (TPSA) is 50.2 Å². The highest BCUT2D eigenvalue weighted by Gasteiger charge is 2.13. The van der Waals surface area contributed by atoms with E-state index in [1.165, 1.54) is 16.6 Å². The monoisotopic (exact) mass is 335 g/mol. The van der Waals surface area contributed by atoms with Crippen molar-refractivity contribution >= 4 is 21.6 Å². The van der Waals surface area contributed by atoms with Crippen molar-refractivity contribution in [2.45, 2.75) is 13.3 Å². The summed E-state index contributed by atoms with van der Waals surface area (Å²) in [4.78, 5) is 16.9. The second-order valence-corrected chi connectivity index (χ2v) is 5.42. The number of hydrogen-bond donors (Lipinski definition) is 1. The highest BCUT2D eigenvalue weighted by molar-refractivity contribution is 9.10. The van der Waals surface area contributed by atoms with Gasteiger partial charge in [0.1, 0.15) is 5.82 Å². The minimum absolute atomic E-state index is 0.137. The molecule has 0 saturated carbocycles. The van der Waals surface area contributed by atoms with E-state index in [2.05, 4.69) is 26.0 Å². The second kappa shape index (κ2) is 4.86. The first-order chi connectivity index (χ1) is 9.56. The van der Waals surface area contributed by atoms with Crippen LogP contribution >= 0.6 is 15.9 Å². The van der Waals surface area contributed by atoms with Gasteiger partial charge < -0.3 is 0 Å². The van der Waals surface area contributed by atoms with E-state index in [-0.39, 0.29) is 11.4 Å². The molecule has 0 atom stereocenters. The molecule has 0 fully saturated rings. The molecule has 0 radical (unpaired) electrons. The summed E-state index contributed by atoms with van der Waals surface area (Å²) in [7, 11) is 0. The quantitative estimate of drug-likeness (QED) is 0.782. The molecule has 3 rings (SSSR count). The maximum atomic E-state index is 12.9. The number of nitrogens with one attached hydrogen (secondary N) is 1. The number of fused-ring (bicyclic) bond motifs is 1. The van der Waals surface area contributed by atoms with Crippen LogP contribution < -0.4 is 5.56 Å². The van der Waals surface area contributed by atoms with E-state index in [0.29, 0.717) is 23.3 Å². The van der Waals surface area contributed by atoms with Crippen LogP contribution in [-0.4, -0.2) is 14.6 Å². The van der Waals surface area contributed by atoms with Gasteiger partial charge in [0.05, 0.1) is 4.47 Å². The molecule has 0 saturated heterocycles. The standard InChI is InChI=1S/C14H11BrFN3O/c1-8-11(6-9-2-4-10(16)5-3-9)14(20)19-13(18-8)12(15)7-17-19/h2-5,7,17H,6H2,1H3. The van der Waals surface area contributed by atoms with Crippen molar-refractivity contribution in [3.63, 3.8) is 0 Å². The van der Waals surface area contributed by atoms with Crippen molar-refractivity contribution in [2.75, 3.05) is 0 Å². The molecule has 6 heteroatoms. The molecule has 4 nitrogen and oxygen atoms in total. The Bertz CT molecular complexity index is 836. The highest BCUT2D eigenvalue weighted by Crippen LogP contribution is 2.16. The molecule has 0 unspecified atom stereocenters. The summed E-state index contributed by atoms with van der Waals surface area (Å²) in [6.45, 7) is 1.81. The van der Waals surface area contributed by atoms with E-state index in [1.807, 2.05) is 0 Å². The van der Waals surface area contributed by atoms with Crippen molar-refractivity contribution in [3.8, 4) is 0 Å². The van der Waals surface area contributed by atoms with E-state index in [0.717, 1.165) is 10.0 Å². The van der Waals surface area contributed by atoms with E-state index in [9.17, 15) is 9.18 Å². The van der Waals surface area contributed by atoms with Crippen molar-refractivity contribution in [1.82, 2.24) is 14.6 Å². The van der Waals surface area contributed by atoms with Gasteiger partial charge >= 0.3 is 0 Å². The van der Waals surface area contributed by atoms with Crippen LogP contribution in [0.5, 0.6) is 0 Å². The molecule has 2 aromatic heterocycles. The number of benzene rings is 1. The van der Waals surface area contributed by atoms with Crippen molar-refractivity contribution in [2.24, 2.45) is 0 Å². The number of nitrogens with zero attached hydrogens (tertiary/aromatic N) is 2. The Balaban J connectivity index is 2.12. The van der Waals surface area contributed by atoms with Gasteiger partial charge in [0.25, 0.3) is 5.56 Å². The Hall–Kier alpha value is -1.95. The minimum atomic E-state index is -0.288. The Labute approximate surface area is 122 Å². The third-order valence-electron chi connectivity index (χ3n) is 3.21. The van der Waals surface area contributed by atoms with Crippen LogP contribution in [0.15, 0.2) is 39.7 Å². The van der Waals surface area contributed by atoms with Crippen LogP contribution in [-0.2, 0) is 6.42 Å². The Morgan fingerprint density at radius 1 is 1.35 bits per heavy atom. The summed E-state index contributed by atoms with van der Waals surface area (Å²) in [5, 5.41) is 2.85. The molecule has 1 N–H and O–H groups in total. The zero-order valence-corrected chi connectivity index (χ0v) is 12.2. The van der Waals surface area contributed by atoms with Crippen LogP contribution in [0.4, 0.5) is 4.39 Å². The van der Waals surface area contributed by atoms with Crippen LogP contribution in [0.3, 0.4) is 0 Å². The van der Waals surface area contributed by atoms with Gasteiger partial charge in [-0.25, -0.2) is 13.9 Å². The molecular formula is C14H11BrFN3O. The number of hydrogen-bond acceptors (Lipinski definition) is 2. The zero-order chi connectivity index (χ0) is 14.3. The molecule has 2 heterocycles. The third kappa shape index (κ3) is 2.16. The van der Waals surface area contributed by atoms with Gasteiger partial charge in [-0.3, -0.25) is 9.89 Å². The summed E-state index contributed by atoms with van der Waals surface area (Å²) >= 11 is 3.34. The lowest BCUT2D eigenvalue weighted by atomic mass is 10.1. The molecule has 0 bridgehead atoms. The molecule has 0 aliphatic carbocycles. The van der Waals surface area contributed by atoms with Gasteiger partial charge in [-0.1, -0.05) is 12.1 Å². The van der Waals surface area contributed by atoms with Crippen molar-refractivity contribution < 1.29 is 4.39 Å². The normalized spacial score (nSPS) is 11.2. The predicted octanol–water partition coefficient (Wildman–Crippen LogP) is 2.82. The fraction of sp³-hybridized carbons (Fsp3) is 0.143. The average Bonchev–Trinajstić information content (AvgIpc) is 2.79. The summed E-state index contributed by atoms with van der Waals surface area (Å²) in [6.07, 6.45) is 2.10. The molecule has 3 aromatic rings. The van der Waals surface area contributed by atoms with Crippen LogP contribution in [0.2, 0.25) is 0 Å². The van der Waals surface area contributed by atoms with Crippen molar-refractivity contribution in [3.05, 3.63) is 67.9 Å². The second-order valence-electron chi connectivity index (χ2n) is 4.56. The van der Waals surface area contributed by atoms with E-state index in [1.54, 1.807) is 25.3 Å². The predicted molar refractivity (Wildman–Crippen MR) is 77.5 cm³/mol. The number of H-pyrrole nitrogens is 1. The molecule has 0 amide bonds. The molecule has 0 aliphatic heterocycles. The fourth-order valence-electron chi connectivity index (χ4n) is 2.14. The lowest BCUT2D eigenvalue weighted by Crippen LogP contribution is -2.22. The first kappa shape index (κ1) is 13.1. The average molecular weight is 336 g/mol. The van der Waals surface area contributed by atoms with Gasteiger partial charge in [-0.05, 0) is 40.5 Å². The van der Waals surface area contributed by atoms with Crippen LogP contribution in [0.25, 0.3) is 5.65 Å². The van der Waals surface area contributed by atoms with Gasteiger partial charge in [-0.15, -0.1) is 0 Å². The highest BCUT2D eigenvalue weighted by atomic mass is 79.9. The zero-order valence-electron chi connectivity index (χ0n) is 10.7. The molecule has 0 aliphatic rings. The molecule has 0 spiro atoms. The molecule has 20 heavy (non-hydrogen) atoms. The smallest absolute Gasteiger partial charge is 0.276 e. The molecular weight excluding hydrogens is 325 g/mol. The van der Waals surface area contributed by atoms with E-state index >= 15 is 0 Å². The summed E-state index contributed by atoms with van der Waals surface area (Å²) in [5.74, 6) is -0.288. The fourth-order valence-corrected chi connectivity index (χ4v) is 2.51. The van der Waals surface area contributed by atoms with Gasteiger partial charge in [0.15, 0.2) is 5.65 Å². The summed E-state index contributed by atoms with van der Waals surface area (Å²) in [6, 6.07) is 6.13. The maximum Gasteiger partial charge on any atom is 0.276 e. The third-order valence-corrected chi connectivity index (χ3v) is 3.80. The largest absolute Gasteiger partial charge is 0.296 e. The summed E-state index contributed by atoms with van der Waals surface area (Å²) < 4.78 is 15.0.